The maximum absolute atomic E-state index is 12.4. The lowest BCUT2D eigenvalue weighted by Gasteiger charge is -2.15. The average Bonchev–Trinajstić information content (AvgIpc) is 2.45. The number of nitrogens with zero attached hydrogens (tertiary/aromatic N) is 1. The third-order valence-electron chi connectivity index (χ3n) is 2.89. The van der Waals surface area contributed by atoms with E-state index in [9.17, 15) is 22.8 Å². The predicted octanol–water partition coefficient (Wildman–Crippen LogP) is 2.44. The number of hydrogen-bond acceptors (Lipinski definition) is 3. The van der Waals surface area contributed by atoms with Gasteiger partial charge in [0, 0.05) is 11.5 Å². The molecule has 0 aromatic heterocycles. The molecule has 1 amide bonds. The van der Waals surface area contributed by atoms with Crippen LogP contribution in [0.15, 0.2) is 24.3 Å². The number of halogens is 3. The van der Waals surface area contributed by atoms with Crippen molar-refractivity contribution in [3.63, 3.8) is 0 Å². The molecule has 0 heterocycles. The van der Waals surface area contributed by atoms with E-state index in [0.29, 0.717) is 0 Å². The van der Waals surface area contributed by atoms with Crippen LogP contribution in [0, 0.1) is 17.2 Å². The molecule has 0 aliphatic heterocycles. The molecule has 1 aromatic carbocycles. The average molecular weight is 314 g/mol. The summed E-state index contributed by atoms with van der Waals surface area (Å²) >= 11 is 0. The van der Waals surface area contributed by atoms with Crippen molar-refractivity contribution in [3.05, 3.63) is 35.4 Å². The molecule has 1 rings (SSSR count). The number of carbonyl (C=O) groups excluding carboxylic acids is 1. The lowest BCUT2D eigenvalue weighted by Crippen LogP contribution is -2.41. The zero-order chi connectivity index (χ0) is 16.9. The van der Waals surface area contributed by atoms with E-state index < -0.39 is 35.6 Å². The van der Waals surface area contributed by atoms with Crippen LogP contribution >= 0.6 is 0 Å². The van der Waals surface area contributed by atoms with Gasteiger partial charge in [0.25, 0.3) is 5.91 Å². The minimum atomic E-state index is -4.51. The SMILES string of the molecule is C[C@H](C#N)C[C@H](NC(=O)c1ccc(C(F)(F)F)cc1)C(=O)O. The summed E-state index contributed by atoms with van der Waals surface area (Å²) in [4.78, 5) is 22.9. The van der Waals surface area contributed by atoms with Gasteiger partial charge in [0.1, 0.15) is 6.04 Å². The first kappa shape index (κ1) is 17.5. The van der Waals surface area contributed by atoms with Gasteiger partial charge in [-0.1, -0.05) is 0 Å². The van der Waals surface area contributed by atoms with Crippen LogP contribution in [0.1, 0.15) is 29.3 Å². The largest absolute Gasteiger partial charge is 0.480 e. The van der Waals surface area contributed by atoms with Crippen molar-refractivity contribution in [1.82, 2.24) is 5.32 Å². The quantitative estimate of drug-likeness (QED) is 0.873. The van der Waals surface area contributed by atoms with Gasteiger partial charge in [0.15, 0.2) is 0 Å². The number of nitrogens with one attached hydrogen (secondary N) is 1. The Morgan fingerprint density at radius 1 is 1.32 bits per heavy atom. The molecule has 0 spiro atoms. The van der Waals surface area contributed by atoms with Crippen LogP contribution in [0.25, 0.3) is 0 Å². The first-order valence-electron chi connectivity index (χ1n) is 6.25. The topological polar surface area (TPSA) is 90.2 Å². The molecular formula is C14H13F3N2O3. The summed E-state index contributed by atoms with van der Waals surface area (Å²) in [6, 6.07) is 3.96. The Bertz CT molecular complexity index is 591. The summed E-state index contributed by atoms with van der Waals surface area (Å²) < 4.78 is 37.2. The van der Waals surface area contributed by atoms with Crippen molar-refractivity contribution in [2.45, 2.75) is 25.6 Å². The fraction of sp³-hybridized carbons (Fsp3) is 0.357. The molecule has 22 heavy (non-hydrogen) atoms. The molecule has 8 heteroatoms. The molecule has 0 bridgehead atoms. The smallest absolute Gasteiger partial charge is 0.416 e. The van der Waals surface area contributed by atoms with Gasteiger partial charge in [-0.2, -0.15) is 18.4 Å². The summed E-state index contributed by atoms with van der Waals surface area (Å²) in [5.41, 5.74) is -0.999. The minimum Gasteiger partial charge on any atom is -0.480 e. The van der Waals surface area contributed by atoms with Crippen molar-refractivity contribution in [2.24, 2.45) is 5.92 Å². The van der Waals surface area contributed by atoms with E-state index >= 15 is 0 Å². The van der Waals surface area contributed by atoms with Crippen molar-refractivity contribution in [2.75, 3.05) is 0 Å². The molecule has 0 saturated carbocycles. The van der Waals surface area contributed by atoms with Crippen molar-refractivity contribution in [1.29, 1.82) is 5.26 Å². The van der Waals surface area contributed by atoms with Crippen LogP contribution in [-0.4, -0.2) is 23.0 Å². The van der Waals surface area contributed by atoms with Gasteiger partial charge < -0.3 is 10.4 Å². The summed E-state index contributed by atoms with van der Waals surface area (Å²) in [6.45, 7) is 1.50. The summed E-state index contributed by atoms with van der Waals surface area (Å²) in [5.74, 6) is -2.72. The first-order valence-corrected chi connectivity index (χ1v) is 6.25. The fourth-order valence-corrected chi connectivity index (χ4v) is 1.68. The molecule has 0 fully saturated rings. The van der Waals surface area contributed by atoms with E-state index in [1.54, 1.807) is 0 Å². The summed E-state index contributed by atoms with van der Waals surface area (Å²) in [6.07, 6.45) is -4.61. The van der Waals surface area contributed by atoms with Gasteiger partial charge >= 0.3 is 12.1 Å². The van der Waals surface area contributed by atoms with Crippen LogP contribution in [0.5, 0.6) is 0 Å². The highest BCUT2D eigenvalue weighted by atomic mass is 19.4. The number of alkyl halides is 3. The van der Waals surface area contributed by atoms with Gasteiger partial charge in [-0.25, -0.2) is 4.79 Å². The number of carboxylic acid groups (broad SMARTS) is 1. The normalized spacial score (nSPS) is 13.8. The number of nitriles is 1. The van der Waals surface area contributed by atoms with Crippen LogP contribution in [0.4, 0.5) is 13.2 Å². The van der Waals surface area contributed by atoms with Crippen LogP contribution in [0.2, 0.25) is 0 Å². The zero-order valence-electron chi connectivity index (χ0n) is 11.5. The Morgan fingerprint density at radius 2 is 1.86 bits per heavy atom. The zero-order valence-corrected chi connectivity index (χ0v) is 11.5. The van der Waals surface area contributed by atoms with Crippen molar-refractivity contribution in [3.8, 4) is 6.07 Å². The van der Waals surface area contributed by atoms with E-state index in [-0.39, 0.29) is 12.0 Å². The van der Waals surface area contributed by atoms with Gasteiger partial charge in [-0.05, 0) is 37.6 Å². The Balaban J connectivity index is 2.82. The standard InChI is InChI=1S/C14H13F3N2O3/c1-8(7-18)6-11(13(21)22)19-12(20)9-2-4-10(5-3-9)14(15,16)17/h2-5,8,11H,6H2,1H3,(H,19,20)(H,21,22)/t8-,11-/m0/s1. The van der Waals surface area contributed by atoms with Crippen molar-refractivity contribution >= 4 is 11.9 Å². The summed E-state index contributed by atoms with van der Waals surface area (Å²) in [7, 11) is 0. The predicted molar refractivity (Wildman–Crippen MR) is 69.7 cm³/mol. The lowest BCUT2D eigenvalue weighted by atomic mass is 10.0. The molecule has 0 saturated heterocycles. The Morgan fingerprint density at radius 3 is 2.27 bits per heavy atom. The maximum atomic E-state index is 12.4. The van der Waals surface area contributed by atoms with Gasteiger partial charge in [0.2, 0.25) is 0 Å². The number of aliphatic carboxylic acids is 1. The highest BCUT2D eigenvalue weighted by Crippen LogP contribution is 2.29. The third-order valence-corrected chi connectivity index (χ3v) is 2.89. The second kappa shape index (κ2) is 6.93. The molecule has 0 aliphatic carbocycles. The second-order valence-corrected chi connectivity index (χ2v) is 4.71. The molecule has 0 radical (unpaired) electrons. The molecule has 2 N–H and O–H groups in total. The van der Waals surface area contributed by atoms with E-state index in [4.69, 9.17) is 10.4 Å². The number of carboxylic acids is 1. The van der Waals surface area contributed by atoms with Gasteiger partial charge in [-0.3, -0.25) is 4.79 Å². The summed E-state index contributed by atoms with van der Waals surface area (Å²) in [5, 5.41) is 19.8. The Labute approximate surface area is 124 Å². The number of amides is 1. The minimum absolute atomic E-state index is 0.0936. The van der Waals surface area contributed by atoms with E-state index in [2.05, 4.69) is 5.32 Å². The molecule has 1 aromatic rings. The lowest BCUT2D eigenvalue weighted by molar-refractivity contribution is -0.139. The first-order chi connectivity index (χ1) is 10.1. The van der Waals surface area contributed by atoms with Crippen LogP contribution < -0.4 is 5.32 Å². The van der Waals surface area contributed by atoms with E-state index in [1.165, 1.54) is 6.92 Å². The molecule has 2 atom stereocenters. The monoisotopic (exact) mass is 314 g/mol. The molecule has 5 nitrogen and oxygen atoms in total. The van der Waals surface area contributed by atoms with E-state index in [0.717, 1.165) is 24.3 Å². The third kappa shape index (κ3) is 4.77. The van der Waals surface area contributed by atoms with E-state index in [1.807, 2.05) is 6.07 Å². The van der Waals surface area contributed by atoms with Crippen molar-refractivity contribution < 1.29 is 27.9 Å². The number of rotatable bonds is 5. The van der Waals surface area contributed by atoms with Gasteiger partial charge in [-0.15, -0.1) is 0 Å². The molecule has 0 unspecified atom stereocenters. The number of benzene rings is 1. The Kier molecular flexibility index (Phi) is 5.51. The molecule has 118 valence electrons. The number of carbonyl (C=O) groups is 2. The van der Waals surface area contributed by atoms with Gasteiger partial charge in [0.05, 0.1) is 11.6 Å². The second-order valence-electron chi connectivity index (χ2n) is 4.71. The van der Waals surface area contributed by atoms with Crippen LogP contribution in [-0.2, 0) is 11.0 Å². The Hall–Kier alpha value is -2.56. The molecule has 0 aliphatic rings. The van der Waals surface area contributed by atoms with Crippen LogP contribution in [0.3, 0.4) is 0 Å². The maximum Gasteiger partial charge on any atom is 0.416 e. The highest BCUT2D eigenvalue weighted by molar-refractivity contribution is 5.96. The fourth-order valence-electron chi connectivity index (χ4n) is 1.68. The highest BCUT2D eigenvalue weighted by Gasteiger charge is 2.30. The molecular weight excluding hydrogens is 301 g/mol. The number of hydrogen-bond donors (Lipinski definition) is 2.